The van der Waals surface area contributed by atoms with Crippen molar-refractivity contribution in [3.8, 4) is 5.82 Å². The summed E-state index contributed by atoms with van der Waals surface area (Å²) >= 11 is 0. The average molecular weight is 390 g/mol. The van der Waals surface area contributed by atoms with E-state index in [1.54, 1.807) is 0 Å². The maximum atomic E-state index is 13.2. The molecular formula is C23H26N4O2. The zero-order valence-electron chi connectivity index (χ0n) is 17.2. The third-order valence-corrected chi connectivity index (χ3v) is 6.39. The number of hydrogen-bond acceptors (Lipinski definition) is 4. The Balaban J connectivity index is 1.56. The number of likely N-dealkylation sites (tertiary alicyclic amines) is 1. The molecule has 5 rings (SSSR count). The van der Waals surface area contributed by atoms with Crippen molar-refractivity contribution in [2.45, 2.75) is 39.2 Å². The van der Waals surface area contributed by atoms with Gasteiger partial charge in [0.05, 0.1) is 17.9 Å². The molecule has 1 atom stereocenters. The maximum absolute atomic E-state index is 13.2. The molecule has 1 spiro atoms. The lowest BCUT2D eigenvalue weighted by Gasteiger charge is -2.47. The van der Waals surface area contributed by atoms with E-state index in [0.717, 1.165) is 42.2 Å². The number of hydrogen-bond donors (Lipinski definition) is 0. The van der Waals surface area contributed by atoms with Crippen molar-refractivity contribution in [1.29, 1.82) is 0 Å². The molecule has 1 unspecified atom stereocenters. The number of carbonyl (C=O) groups excluding carboxylic acids is 1. The Kier molecular flexibility index (Phi) is 4.05. The molecule has 0 saturated carbocycles. The smallest absolute Gasteiger partial charge is 0.289 e. The van der Waals surface area contributed by atoms with Gasteiger partial charge in [0.15, 0.2) is 11.6 Å². The van der Waals surface area contributed by atoms with E-state index in [2.05, 4.69) is 45.8 Å². The van der Waals surface area contributed by atoms with Crippen LogP contribution in [-0.4, -0.2) is 40.0 Å². The Labute approximate surface area is 170 Å². The van der Waals surface area contributed by atoms with E-state index in [1.807, 2.05) is 37.1 Å². The standard InChI is InChI=1S/C23H26N4O2/c1-4-11-27-18-7-5-10-24-21(18)26-12-6-8-20(26)23(27)9-13-25(15-23)22(28)19-14-16(2)17(3)29-19/h5-8,10,12,14H,4,9,11,13,15H2,1-3H3. The van der Waals surface area contributed by atoms with Crippen molar-refractivity contribution in [1.82, 2.24) is 14.5 Å². The first-order valence-corrected chi connectivity index (χ1v) is 10.3. The van der Waals surface area contributed by atoms with E-state index in [-0.39, 0.29) is 11.4 Å². The normalized spacial score (nSPS) is 20.2. The van der Waals surface area contributed by atoms with Gasteiger partial charge in [0.25, 0.3) is 5.91 Å². The Bertz CT molecular complexity index is 1060. The molecule has 2 aliphatic rings. The number of aryl methyl sites for hydroxylation is 2. The third-order valence-electron chi connectivity index (χ3n) is 6.39. The van der Waals surface area contributed by atoms with Gasteiger partial charge in [0.2, 0.25) is 0 Å². The Morgan fingerprint density at radius 1 is 1.28 bits per heavy atom. The molecule has 1 amide bonds. The first-order chi connectivity index (χ1) is 14.0. The quantitative estimate of drug-likeness (QED) is 0.677. The lowest BCUT2D eigenvalue weighted by Crippen LogP contribution is -2.53. The molecule has 0 bridgehead atoms. The van der Waals surface area contributed by atoms with E-state index in [4.69, 9.17) is 4.42 Å². The fourth-order valence-corrected chi connectivity index (χ4v) is 4.89. The highest BCUT2D eigenvalue weighted by Gasteiger charge is 2.50. The lowest BCUT2D eigenvalue weighted by atomic mass is 9.88. The molecule has 2 aliphatic heterocycles. The van der Waals surface area contributed by atoms with Crippen LogP contribution in [0.25, 0.3) is 5.82 Å². The summed E-state index contributed by atoms with van der Waals surface area (Å²) in [5.74, 6) is 2.19. The van der Waals surface area contributed by atoms with E-state index >= 15 is 0 Å². The zero-order valence-corrected chi connectivity index (χ0v) is 17.2. The van der Waals surface area contributed by atoms with Crippen LogP contribution < -0.4 is 4.90 Å². The second-order valence-electron chi connectivity index (χ2n) is 8.12. The molecule has 5 heterocycles. The number of furan rings is 1. The van der Waals surface area contributed by atoms with Gasteiger partial charge >= 0.3 is 0 Å². The SMILES string of the molecule is CCCN1c2cccnc2-n2cccc2C12CCN(C(=O)c1cc(C)c(C)o1)C2. The summed E-state index contributed by atoms with van der Waals surface area (Å²) in [5, 5.41) is 0. The van der Waals surface area contributed by atoms with Crippen LogP contribution in [0.5, 0.6) is 0 Å². The molecule has 0 aromatic carbocycles. The summed E-state index contributed by atoms with van der Waals surface area (Å²) < 4.78 is 7.92. The number of nitrogens with zero attached hydrogens (tertiary/aromatic N) is 4. The van der Waals surface area contributed by atoms with Gasteiger partial charge in [-0.1, -0.05) is 6.92 Å². The molecule has 3 aromatic rings. The number of fused-ring (bicyclic) bond motifs is 4. The van der Waals surface area contributed by atoms with Crippen LogP contribution in [0.1, 0.15) is 47.3 Å². The highest BCUT2D eigenvalue weighted by molar-refractivity contribution is 5.92. The highest BCUT2D eigenvalue weighted by atomic mass is 16.4. The lowest BCUT2D eigenvalue weighted by molar-refractivity contribution is 0.0749. The molecule has 1 fully saturated rings. The number of rotatable bonds is 3. The largest absolute Gasteiger partial charge is 0.456 e. The van der Waals surface area contributed by atoms with Gasteiger partial charge in [-0.3, -0.25) is 4.79 Å². The van der Waals surface area contributed by atoms with Crippen LogP contribution in [0, 0.1) is 13.8 Å². The fraction of sp³-hybridized carbons (Fsp3) is 0.391. The molecule has 150 valence electrons. The first-order valence-electron chi connectivity index (χ1n) is 10.3. The van der Waals surface area contributed by atoms with Crippen LogP contribution in [0.3, 0.4) is 0 Å². The summed E-state index contributed by atoms with van der Waals surface area (Å²) in [4.78, 5) is 22.3. The van der Waals surface area contributed by atoms with Crippen molar-refractivity contribution in [2.24, 2.45) is 0 Å². The van der Waals surface area contributed by atoms with Crippen LogP contribution in [0.15, 0.2) is 47.1 Å². The summed E-state index contributed by atoms with van der Waals surface area (Å²) in [6, 6.07) is 10.3. The van der Waals surface area contributed by atoms with E-state index < -0.39 is 0 Å². The number of anilines is 1. The van der Waals surface area contributed by atoms with Crippen LogP contribution in [0.2, 0.25) is 0 Å². The molecule has 0 N–H and O–H groups in total. The molecule has 6 heteroatoms. The van der Waals surface area contributed by atoms with Crippen molar-refractivity contribution in [2.75, 3.05) is 24.5 Å². The molecule has 0 aliphatic carbocycles. The van der Waals surface area contributed by atoms with Crippen LogP contribution >= 0.6 is 0 Å². The molecule has 6 nitrogen and oxygen atoms in total. The average Bonchev–Trinajstić information content (AvgIpc) is 3.45. The van der Waals surface area contributed by atoms with Crippen molar-refractivity contribution >= 4 is 11.6 Å². The van der Waals surface area contributed by atoms with Crippen molar-refractivity contribution in [3.63, 3.8) is 0 Å². The van der Waals surface area contributed by atoms with Gasteiger partial charge in [-0.15, -0.1) is 0 Å². The van der Waals surface area contributed by atoms with Crippen molar-refractivity contribution < 1.29 is 9.21 Å². The van der Waals surface area contributed by atoms with Gasteiger partial charge < -0.3 is 18.8 Å². The van der Waals surface area contributed by atoms with E-state index in [9.17, 15) is 4.79 Å². The monoisotopic (exact) mass is 390 g/mol. The highest BCUT2D eigenvalue weighted by Crippen LogP contribution is 2.47. The van der Waals surface area contributed by atoms with Crippen LogP contribution in [-0.2, 0) is 5.54 Å². The Hall–Kier alpha value is -3.02. The second kappa shape index (κ2) is 6.51. The van der Waals surface area contributed by atoms with Gasteiger partial charge in [0.1, 0.15) is 11.3 Å². The minimum absolute atomic E-state index is 0.0235. The molecule has 3 aromatic heterocycles. The Morgan fingerprint density at radius 3 is 2.90 bits per heavy atom. The topological polar surface area (TPSA) is 54.5 Å². The number of pyridine rings is 1. The summed E-state index contributed by atoms with van der Waals surface area (Å²) in [5.41, 5.74) is 3.11. The number of amides is 1. The van der Waals surface area contributed by atoms with Gasteiger partial charge in [0, 0.05) is 25.5 Å². The first kappa shape index (κ1) is 18.0. The summed E-state index contributed by atoms with van der Waals surface area (Å²) in [7, 11) is 0. The molecule has 1 saturated heterocycles. The van der Waals surface area contributed by atoms with Crippen LogP contribution in [0.4, 0.5) is 5.69 Å². The predicted octanol–water partition coefficient (Wildman–Crippen LogP) is 4.05. The van der Waals surface area contributed by atoms with Gasteiger partial charge in [-0.25, -0.2) is 4.98 Å². The summed E-state index contributed by atoms with van der Waals surface area (Å²) in [6.07, 6.45) is 5.84. The van der Waals surface area contributed by atoms with Gasteiger partial charge in [-0.05, 0) is 62.6 Å². The maximum Gasteiger partial charge on any atom is 0.289 e. The van der Waals surface area contributed by atoms with Gasteiger partial charge in [-0.2, -0.15) is 0 Å². The number of carbonyl (C=O) groups is 1. The van der Waals surface area contributed by atoms with Crippen molar-refractivity contribution in [3.05, 3.63) is 65.5 Å². The minimum atomic E-state index is -0.248. The van der Waals surface area contributed by atoms with E-state index in [1.165, 1.54) is 5.69 Å². The third kappa shape index (κ3) is 2.55. The molecular weight excluding hydrogens is 364 g/mol. The molecule has 29 heavy (non-hydrogen) atoms. The minimum Gasteiger partial charge on any atom is -0.456 e. The predicted molar refractivity (Wildman–Crippen MR) is 112 cm³/mol. The van der Waals surface area contributed by atoms with E-state index in [0.29, 0.717) is 18.8 Å². The second-order valence-corrected chi connectivity index (χ2v) is 8.12. The molecule has 0 radical (unpaired) electrons. The number of aromatic nitrogens is 2. The Morgan fingerprint density at radius 2 is 2.14 bits per heavy atom. The zero-order chi connectivity index (χ0) is 20.2. The fourth-order valence-electron chi connectivity index (χ4n) is 4.89. The summed E-state index contributed by atoms with van der Waals surface area (Å²) in [6.45, 7) is 8.34.